The quantitative estimate of drug-likeness (QED) is 0.485. The Morgan fingerprint density at radius 3 is 2.79 bits per heavy atom. The number of H-pyrrole nitrogens is 1. The Labute approximate surface area is 197 Å². The van der Waals surface area contributed by atoms with E-state index in [1.54, 1.807) is 13.2 Å². The van der Waals surface area contributed by atoms with Crippen molar-refractivity contribution in [2.75, 3.05) is 13.7 Å². The molecule has 2 aliphatic rings. The highest BCUT2D eigenvalue weighted by Gasteiger charge is 2.30. The smallest absolute Gasteiger partial charge is 0.303 e. The molecule has 1 unspecified atom stereocenters. The fraction of sp³-hybridized carbons (Fsp3) is 0.423. The van der Waals surface area contributed by atoms with E-state index in [2.05, 4.69) is 26.3 Å². The van der Waals surface area contributed by atoms with E-state index in [4.69, 9.17) is 9.84 Å². The second kappa shape index (κ2) is 9.54. The first-order valence-corrected chi connectivity index (χ1v) is 11.8. The predicted molar refractivity (Wildman–Crippen MR) is 128 cm³/mol. The lowest BCUT2D eigenvalue weighted by Gasteiger charge is -2.36. The van der Waals surface area contributed by atoms with Crippen molar-refractivity contribution in [1.82, 2.24) is 20.3 Å². The maximum absolute atomic E-state index is 14.0. The molecule has 5 rings (SSSR count). The van der Waals surface area contributed by atoms with Crippen LogP contribution in [0.3, 0.4) is 0 Å². The molecule has 178 valence electrons. The Morgan fingerprint density at radius 1 is 1.21 bits per heavy atom. The zero-order chi connectivity index (χ0) is 23.7. The summed E-state index contributed by atoms with van der Waals surface area (Å²) in [5, 5.41) is 13.5. The van der Waals surface area contributed by atoms with Gasteiger partial charge < -0.3 is 20.1 Å². The number of carboxylic acid groups (broad SMARTS) is 1. The lowest BCUT2D eigenvalue weighted by Crippen LogP contribution is -2.40. The summed E-state index contributed by atoms with van der Waals surface area (Å²) in [5.74, 6) is 0.369. The molecular weight excluding hydrogens is 435 g/mol. The number of halogens is 1. The molecule has 3 heterocycles. The van der Waals surface area contributed by atoms with E-state index in [9.17, 15) is 9.18 Å². The van der Waals surface area contributed by atoms with E-state index in [-0.39, 0.29) is 12.2 Å². The van der Waals surface area contributed by atoms with E-state index < -0.39 is 5.97 Å². The maximum atomic E-state index is 14.0. The maximum Gasteiger partial charge on any atom is 0.303 e. The van der Waals surface area contributed by atoms with Crippen molar-refractivity contribution < 1.29 is 19.0 Å². The highest BCUT2D eigenvalue weighted by Crippen LogP contribution is 2.38. The second-order valence-corrected chi connectivity index (χ2v) is 9.34. The van der Waals surface area contributed by atoms with Gasteiger partial charge in [0.15, 0.2) is 0 Å². The van der Waals surface area contributed by atoms with Crippen LogP contribution in [0.25, 0.3) is 27.9 Å². The number of ether oxygens (including phenoxy) is 1. The number of hydrogen-bond donors (Lipinski definition) is 3. The van der Waals surface area contributed by atoms with Gasteiger partial charge in [-0.3, -0.25) is 4.79 Å². The van der Waals surface area contributed by atoms with Gasteiger partial charge in [-0.25, -0.2) is 14.4 Å². The highest BCUT2D eigenvalue weighted by atomic mass is 19.1. The first-order chi connectivity index (χ1) is 16.5. The largest absolute Gasteiger partial charge is 0.496 e. The number of carbonyl (C=O) groups is 1. The number of nitrogens with one attached hydrogen (secondary N) is 2. The Bertz CT molecular complexity index is 1230. The van der Waals surface area contributed by atoms with Crippen LogP contribution < -0.4 is 10.1 Å². The number of benzene rings is 1. The summed E-state index contributed by atoms with van der Waals surface area (Å²) in [7, 11) is 1.56. The Hall–Kier alpha value is -3.26. The van der Waals surface area contributed by atoms with E-state index in [1.807, 2.05) is 6.07 Å². The number of aliphatic carboxylic acids is 1. The van der Waals surface area contributed by atoms with E-state index in [0.717, 1.165) is 49.7 Å². The zero-order valence-electron chi connectivity index (χ0n) is 19.2. The Kier molecular flexibility index (Phi) is 6.32. The molecule has 7 nitrogen and oxygen atoms in total. The summed E-state index contributed by atoms with van der Waals surface area (Å²) in [4.78, 5) is 23.3. The molecule has 1 aromatic carbocycles. The molecule has 0 spiro atoms. The fourth-order valence-electron chi connectivity index (χ4n) is 5.51. The summed E-state index contributed by atoms with van der Waals surface area (Å²) in [6.45, 7) is 0.792. The van der Waals surface area contributed by atoms with Gasteiger partial charge in [-0.1, -0.05) is 6.08 Å². The number of methoxy groups -OCH3 is 1. The van der Waals surface area contributed by atoms with Crippen molar-refractivity contribution in [3.63, 3.8) is 0 Å². The third kappa shape index (κ3) is 4.55. The summed E-state index contributed by atoms with van der Waals surface area (Å²) in [5.41, 5.74) is 4.16. The second-order valence-electron chi connectivity index (χ2n) is 9.34. The molecular formula is C26H29FN4O3. The van der Waals surface area contributed by atoms with Crippen LogP contribution in [0.4, 0.5) is 4.39 Å². The summed E-state index contributed by atoms with van der Waals surface area (Å²) in [6, 6.07) is 6.84. The third-order valence-corrected chi connectivity index (χ3v) is 7.28. The van der Waals surface area contributed by atoms with Crippen molar-refractivity contribution in [3.8, 4) is 17.0 Å². The van der Waals surface area contributed by atoms with Gasteiger partial charge in [0.1, 0.15) is 23.5 Å². The predicted octanol–water partition coefficient (Wildman–Crippen LogP) is 4.80. The first-order valence-electron chi connectivity index (χ1n) is 11.8. The van der Waals surface area contributed by atoms with Crippen LogP contribution >= 0.6 is 0 Å². The number of nitrogens with zero attached hydrogens (tertiary/aromatic N) is 2. The van der Waals surface area contributed by atoms with Crippen molar-refractivity contribution in [1.29, 1.82) is 0 Å². The normalized spacial score (nSPS) is 23.0. The minimum atomic E-state index is -0.693. The standard InChI is InChI=1S/C26H29FN4O3/c1-34-23-7-6-18(27)12-19(23)25-20-13-22(31-26(20)30-14-29-25)17-8-9-28-21(11-17)16-4-2-15(3-5-16)10-24(32)33/h6-8,12-16,21,28H,2-5,9-11H2,1H3,(H,32,33)(H,29,30,31)/t15-,16-,21?. The van der Waals surface area contributed by atoms with Crippen LogP contribution in [0.15, 0.2) is 36.7 Å². The molecule has 34 heavy (non-hydrogen) atoms. The molecule has 0 radical (unpaired) electrons. The van der Waals surface area contributed by atoms with E-state index >= 15 is 0 Å². The van der Waals surface area contributed by atoms with Crippen LogP contribution in [0.5, 0.6) is 5.75 Å². The molecule has 1 fully saturated rings. The molecule has 1 atom stereocenters. The molecule has 3 N–H and O–H groups in total. The molecule has 2 aromatic heterocycles. The van der Waals surface area contributed by atoms with Gasteiger partial charge >= 0.3 is 5.97 Å². The fourth-order valence-corrected chi connectivity index (χ4v) is 5.51. The molecule has 1 aliphatic carbocycles. The average molecular weight is 465 g/mol. The minimum absolute atomic E-state index is 0.282. The zero-order valence-corrected chi connectivity index (χ0v) is 19.2. The third-order valence-electron chi connectivity index (χ3n) is 7.28. The average Bonchev–Trinajstić information content (AvgIpc) is 3.29. The SMILES string of the molecule is COc1ccc(F)cc1-c1ncnc2[nH]c(C3=CCNC([C@H]4CC[C@H](CC(=O)O)CC4)C3)cc12. The van der Waals surface area contributed by atoms with Crippen LogP contribution in [-0.4, -0.2) is 45.7 Å². The van der Waals surface area contributed by atoms with E-state index in [1.165, 1.54) is 24.0 Å². The summed E-state index contributed by atoms with van der Waals surface area (Å²) < 4.78 is 19.5. The van der Waals surface area contributed by atoms with Gasteiger partial charge in [-0.05, 0) is 73.8 Å². The van der Waals surface area contributed by atoms with Crippen molar-refractivity contribution >= 4 is 22.6 Å². The van der Waals surface area contributed by atoms with Crippen molar-refractivity contribution in [2.24, 2.45) is 11.8 Å². The van der Waals surface area contributed by atoms with Gasteiger partial charge in [-0.15, -0.1) is 0 Å². The molecule has 0 bridgehead atoms. The molecule has 1 aliphatic heterocycles. The Balaban J connectivity index is 1.37. The first kappa shape index (κ1) is 22.5. The highest BCUT2D eigenvalue weighted by molar-refractivity contribution is 5.94. The number of fused-ring (bicyclic) bond motifs is 1. The lowest BCUT2D eigenvalue weighted by atomic mass is 9.75. The minimum Gasteiger partial charge on any atom is -0.496 e. The van der Waals surface area contributed by atoms with Gasteiger partial charge in [0, 0.05) is 35.7 Å². The lowest BCUT2D eigenvalue weighted by molar-refractivity contribution is -0.138. The van der Waals surface area contributed by atoms with Crippen molar-refractivity contribution in [3.05, 3.63) is 48.2 Å². The number of rotatable bonds is 6. The van der Waals surface area contributed by atoms with Crippen LogP contribution in [-0.2, 0) is 4.79 Å². The van der Waals surface area contributed by atoms with Crippen molar-refractivity contribution in [2.45, 2.75) is 44.6 Å². The monoisotopic (exact) mass is 464 g/mol. The van der Waals surface area contributed by atoms with E-state index in [0.29, 0.717) is 40.5 Å². The summed E-state index contributed by atoms with van der Waals surface area (Å²) in [6.07, 6.45) is 8.95. The molecule has 1 saturated carbocycles. The topological polar surface area (TPSA) is 100 Å². The number of carboxylic acids is 1. The summed E-state index contributed by atoms with van der Waals surface area (Å²) >= 11 is 0. The molecule has 0 amide bonds. The van der Waals surface area contributed by atoms with Gasteiger partial charge in [0.2, 0.25) is 0 Å². The molecule has 3 aromatic rings. The Morgan fingerprint density at radius 2 is 2.03 bits per heavy atom. The van der Waals surface area contributed by atoms with Gasteiger partial charge in [0.05, 0.1) is 12.8 Å². The molecule has 0 saturated heterocycles. The van der Waals surface area contributed by atoms with Crippen LogP contribution in [0, 0.1) is 17.7 Å². The van der Waals surface area contributed by atoms with Crippen LogP contribution in [0.1, 0.15) is 44.2 Å². The van der Waals surface area contributed by atoms with Gasteiger partial charge in [-0.2, -0.15) is 0 Å². The van der Waals surface area contributed by atoms with Crippen LogP contribution in [0.2, 0.25) is 0 Å². The number of aromatic amines is 1. The molecule has 8 heteroatoms. The van der Waals surface area contributed by atoms with Gasteiger partial charge in [0.25, 0.3) is 0 Å². The number of hydrogen-bond acceptors (Lipinski definition) is 5. The number of aromatic nitrogens is 3.